The minimum absolute atomic E-state index is 0.339. The highest BCUT2D eigenvalue weighted by atomic mass is 16.2. The van der Waals surface area contributed by atoms with Gasteiger partial charge in [-0.05, 0) is 44.7 Å². The maximum Gasteiger partial charge on any atom is 0.0431 e. The maximum atomic E-state index is 8.70. The number of aliphatic hydroxyl groups excluding tert-OH is 1. The second-order valence-electron chi connectivity index (χ2n) is 5.10. The smallest absolute Gasteiger partial charge is 0.0431 e. The topological polar surface area (TPSA) is 49.5 Å². The molecule has 1 saturated heterocycles. The molecule has 2 unspecified atom stereocenters. The minimum atomic E-state index is 0.339. The van der Waals surface area contributed by atoms with Crippen LogP contribution in [0.3, 0.4) is 0 Å². The third kappa shape index (κ3) is 4.40. The van der Waals surface area contributed by atoms with Crippen LogP contribution in [0.4, 0.5) is 0 Å². The Balaban J connectivity index is 2.18. The zero-order chi connectivity index (χ0) is 11.8. The number of nitrogens with zero attached hydrogens (tertiary/aromatic N) is 1. The Kier molecular flexibility index (Phi) is 7.01. The van der Waals surface area contributed by atoms with Gasteiger partial charge >= 0.3 is 0 Å². The number of likely N-dealkylation sites (tertiary alicyclic amines) is 1. The first-order valence-corrected chi connectivity index (χ1v) is 6.84. The molecule has 96 valence electrons. The van der Waals surface area contributed by atoms with Gasteiger partial charge in [0, 0.05) is 19.2 Å². The van der Waals surface area contributed by atoms with Crippen molar-refractivity contribution in [2.24, 2.45) is 11.7 Å². The standard InChI is InChI=1S/C13H28N2O/c1-12-7-6-9-15(13(12)11-14)8-4-2-3-5-10-16/h12-13,16H,2-11,14H2,1H3. The van der Waals surface area contributed by atoms with Gasteiger partial charge in [0.05, 0.1) is 0 Å². The summed E-state index contributed by atoms with van der Waals surface area (Å²) in [5, 5.41) is 8.70. The van der Waals surface area contributed by atoms with Crippen LogP contribution in [0.5, 0.6) is 0 Å². The van der Waals surface area contributed by atoms with Crippen LogP contribution in [0.2, 0.25) is 0 Å². The van der Waals surface area contributed by atoms with Gasteiger partial charge in [-0.1, -0.05) is 19.8 Å². The molecule has 1 aliphatic rings. The largest absolute Gasteiger partial charge is 0.396 e. The lowest BCUT2D eigenvalue weighted by atomic mass is 9.90. The van der Waals surface area contributed by atoms with Gasteiger partial charge < -0.3 is 10.8 Å². The van der Waals surface area contributed by atoms with Crippen molar-refractivity contribution >= 4 is 0 Å². The normalized spacial score (nSPS) is 27.2. The van der Waals surface area contributed by atoms with Gasteiger partial charge in [-0.2, -0.15) is 0 Å². The summed E-state index contributed by atoms with van der Waals surface area (Å²) >= 11 is 0. The van der Waals surface area contributed by atoms with E-state index in [2.05, 4.69) is 11.8 Å². The van der Waals surface area contributed by atoms with Gasteiger partial charge in [0.25, 0.3) is 0 Å². The fraction of sp³-hybridized carbons (Fsp3) is 1.00. The zero-order valence-corrected chi connectivity index (χ0v) is 10.7. The van der Waals surface area contributed by atoms with Crippen molar-refractivity contribution in [1.29, 1.82) is 0 Å². The fourth-order valence-electron chi connectivity index (χ4n) is 2.77. The lowest BCUT2D eigenvalue weighted by Gasteiger charge is -2.39. The van der Waals surface area contributed by atoms with Gasteiger partial charge in [0.15, 0.2) is 0 Å². The first kappa shape index (κ1) is 13.9. The van der Waals surface area contributed by atoms with E-state index in [9.17, 15) is 0 Å². The summed E-state index contributed by atoms with van der Waals surface area (Å²) in [6.45, 7) is 5.89. The van der Waals surface area contributed by atoms with Gasteiger partial charge in [-0.3, -0.25) is 4.90 Å². The van der Waals surface area contributed by atoms with Crippen LogP contribution < -0.4 is 5.73 Å². The minimum Gasteiger partial charge on any atom is -0.396 e. The molecule has 0 aliphatic carbocycles. The molecule has 1 fully saturated rings. The van der Waals surface area contributed by atoms with Crippen molar-refractivity contribution in [3.63, 3.8) is 0 Å². The van der Waals surface area contributed by atoms with Gasteiger partial charge in [0.1, 0.15) is 0 Å². The molecule has 0 aromatic heterocycles. The molecule has 0 amide bonds. The molecule has 0 bridgehead atoms. The molecule has 0 spiro atoms. The Bertz CT molecular complexity index is 175. The van der Waals surface area contributed by atoms with Crippen LogP contribution in [0.25, 0.3) is 0 Å². The van der Waals surface area contributed by atoms with E-state index >= 15 is 0 Å². The summed E-state index contributed by atoms with van der Waals surface area (Å²) in [6, 6.07) is 0.603. The molecule has 3 heteroatoms. The van der Waals surface area contributed by atoms with Gasteiger partial charge in [0.2, 0.25) is 0 Å². The van der Waals surface area contributed by atoms with E-state index in [0.717, 1.165) is 25.3 Å². The summed E-state index contributed by atoms with van der Waals surface area (Å²) in [7, 11) is 0. The highest BCUT2D eigenvalue weighted by Crippen LogP contribution is 2.22. The lowest BCUT2D eigenvalue weighted by molar-refractivity contribution is 0.104. The van der Waals surface area contributed by atoms with Crippen LogP contribution in [0, 0.1) is 5.92 Å². The molecule has 0 radical (unpaired) electrons. The molecule has 2 atom stereocenters. The van der Waals surface area contributed by atoms with Gasteiger partial charge in [-0.15, -0.1) is 0 Å². The average Bonchev–Trinajstić information content (AvgIpc) is 2.29. The molecule has 1 rings (SSSR count). The molecule has 0 saturated carbocycles. The Morgan fingerprint density at radius 1 is 1.25 bits per heavy atom. The highest BCUT2D eigenvalue weighted by molar-refractivity contribution is 4.82. The summed E-state index contributed by atoms with van der Waals surface area (Å²) in [5.74, 6) is 0.760. The molecule has 3 nitrogen and oxygen atoms in total. The zero-order valence-electron chi connectivity index (χ0n) is 10.7. The fourth-order valence-corrected chi connectivity index (χ4v) is 2.77. The van der Waals surface area contributed by atoms with Crippen molar-refractivity contribution in [3.05, 3.63) is 0 Å². The van der Waals surface area contributed by atoms with Crippen LogP contribution >= 0.6 is 0 Å². The highest BCUT2D eigenvalue weighted by Gasteiger charge is 2.26. The Morgan fingerprint density at radius 3 is 2.69 bits per heavy atom. The summed E-state index contributed by atoms with van der Waals surface area (Å²) in [4.78, 5) is 2.58. The van der Waals surface area contributed by atoms with E-state index in [1.807, 2.05) is 0 Å². The van der Waals surface area contributed by atoms with Gasteiger partial charge in [-0.25, -0.2) is 0 Å². The summed E-state index contributed by atoms with van der Waals surface area (Å²) in [6.07, 6.45) is 7.27. The molecular formula is C13H28N2O. The third-order valence-corrected chi connectivity index (χ3v) is 3.83. The van der Waals surface area contributed by atoms with Crippen LogP contribution in [-0.2, 0) is 0 Å². The van der Waals surface area contributed by atoms with E-state index in [1.54, 1.807) is 0 Å². The van der Waals surface area contributed by atoms with E-state index < -0.39 is 0 Å². The quantitative estimate of drug-likeness (QED) is 0.651. The predicted octanol–water partition coefficient (Wildman–Crippen LogP) is 1.60. The predicted molar refractivity (Wildman–Crippen MR) is 68.4 cm³/mol. The number of hydrogen-bond donors (Lipinski definition) is 2. The van der Waals surface area contributed by atoms with Crippen molar-refractivity contribution < 1.29 is 5.11 Å². The SMILES string of the molecule is CC1CCCN(CCCCCCO)C1CN. The first-order chi connectivity index (χ1) is 7.79. The number of aliphatic hydroxyl groups is 1. The molecule has 1 aliphatic heterocycles. The lowest BCUT2D eigenvalue weighted by Crippen LogP contribution is -2.48. The molecule has 3 N–H and O–H groups in total. The van der Waals surface area contributed by atoms with Crippen molar-refractivity contribution in [2.75, 3.05) is 26.2 Å². The Hall–Kier alpha value is -0.120. The van der Waals surface area contributed by atoms with Crippen molar-refractivity contribution in [1.82, 2.24) is 4.90 Å². The first-order valence-electron chi connectivity index (χ1n) is 6.84. The number of rotatable bonds is 7. The third-order valence-electron chi connectivity index (χ3n) is 3.83. The second-order valence-corrected chi connectivity index (χ2v) is 5.10. The number of nitrogens with two attached hydrogens (primary N) is 1. The molecule has 0 aromatic carbocycles. The average molecular weight is 228 g/mol. The number of hydrogen-bond acceptors (Lipinski definition) is 3. The van der Waals surface area contributed by atoms with E-state index in [-0.39, 0.29) is 0 Å². The van der Waals surface area contributed by atoms with Crippen LogP contribution in [0.1, 0.15) is 45.4 Å². The van der Waals surface area contributed by atoms with E-state index in [1.165, 1.54) is 38.8 Å². The second kappa shape index (κ2) is 8.04. The monoisotopic (exact) mass is 228 g/mol. The van der Waals surface area contributed by atoms with Crippen molar-refractivity contribution in [3.8, 4) is 0 Å². The number of piperidine rings is 1. The number of unbranched alkanes of at least 4 members (excludes halogenated alkanes) is 3. The van der Waals surface area contributed by atoms with Crippen LogP contribution in [0.15, 0.2) is 0 Å². The van der Waals surface area contributed by atoms with Crippen LogP contribution in [-0.4, -0.2) is 42.3 Å². The summed E-state index contributed by atoms with van der Waals surface area (Å²) < 4.78 is 0. The Labute approximate surface area is 100 Å². The summed E-state index contributed by atoms with van der Waals surface area (Å²) in [5.41, 5.74) is 5.86. The Morgan fingerprint density at radius 2 is 2.00 bits per heavy atom. The molecule has 1 heterocycles. The van der Waals surface area contributed by atoms with E-state index in [0.29, 0.717) is 12.6 Å². The maximum absolute atomic E-state index is 8.70. The molecule has 0 aromatic rings. The van der Waals surface area contributed by atoms with E-state index in [4.69, 9.17) is 10.8 Å². The molecule has 16 heavy (non-hydrogen) atoms. The van der Waals surface area contributed by atoms with Crippen molar-refractivity contribution in [2.45, 2.75) is 51.5 Å². The molecular weight excluding hydrogens is 200 g/mol.